The van der Waals surface area contributed by atoms with Crippen LogP contribution >= 0.6 is 0 Å². The third-order valence-corrected chi connectivity index (χ3v) is 9.43. The molecule has 0 aromatic heterocycles. The molecule has 2 aromatic rings. The Morgan fingerprint density at radius 2 is 1.51 bits per heavy atom. The van der Waals surface area contributed by atoms with Crippen LogP contribution < -0.4 is 4.90 Å². The molecule has 1 heterocycles. The van der Waals surface area contributed by atoms with Crippen molar-refractivity contribution >= 4 is 31.3 Å². The number of carbonyl (C=O) groups excluding carboxylic acids is 1. The molecular formula is C25H35N3O5S2. The van der Waals surface area contributed by atoms with Gasteiger partial charge in [-0.3, -0.25) is 9.69 Å². The number of ketones is 1. The zero-order valence-corrected chi connectivity index (χ0v) is 22.3. The molecule has 192 valence electrons. The smallest absolute Gasteiger partial charge is 0.243 e. The standard InChI is InChI=1S/C25H35N3O5S2/c1-26(2)35(32,33)25-20-21(13-14-24(25)34(3,30)31)23(29)12-8-5-9-15-27-16-18-28(19-17-27)22-10-6-4-7-11-22/h4,6-7,10-11,13-14,20H,5,8-9,12,15-19H2,1-3H3. The molecule has 1 aliphatic rings. The third kappa shape index (κ3) is 7.13. The fourth-order valence-electron chi connectivity index (χ4n) is 4.20. The van der Waals surface area contributed by atoms with Gasteiger partial charge in [-0.2, -0.15) is 0 Å². The number of anilines is 1. The van der Waals surface area contributed by atoms with Gasteiger partial charge in [-0.25, -0.2) is 21.1 Å². The Morgan fingerprint density at radius 1 is 0.857 bits per heavy atom. The second-order valence-electron chi connectivity index (χ2n) is 9.12. The average molecular weight is 522 g/mol. The number of sulfone groups is 1. The Kier molecular flexibility index (Phi) is 9.09. The number of sulfonamides is 1. The van der Waals surface area contributed by atoms with Crippen LogP contribution in [0.5, 0.6) is 0 Å². The van der Waals surface area contributed by atoms with E-state index in [-0.39, 0.29) is 21.1 Å². The zero-order chi connectivity index (χ0) is 25.6. The second kappa shape index (κ2) is 11.6. The SMILES string of the molecule is CN(C)S(=O)(=O)c1cc(C(=O)CCCCCN2CCN(c3ccccc3)CC2)ccc1S(C)(=O)=O. The van der Waals surface area contributed by atoms with Crippen LogP contribution in [0.25, 0.3) is 0 Å². The highest BCUT2D eigenvalue weighted by atomic mass is 32.2. The van der Waals surface area contributed by atoms with E-state index in [1.165, 1.54) is 38.0 Å². The van der Waals surface area contributed by atoms with E-state index in [9.17, 15) is 21.6 Å². The summed E-state index contributed by atoms with van der Waals surface area (Å²) in [5.74, 6) is -0.184. The molecule has 3 rings (SSSR count). The second-order valence-corrected chi connectivity index (χ2v) is 13.2. The number of hydrogen-bond donors (Lipinski definition) is 0. The van der Waals surface area contributed by atoms with Crippen LogP contribution in [0, 0.1) is 0 Å². The zero-order valence-electron chi connectivity index (χ0n) is 20.7. The van der Waals surface area contributed by atoms with Crippen molar-refractivity contribution in [2.24, 2.45) is 0 Å². The molecule has 0 aliphatic carbocycles. The van der Waals surface area contributed by atoms with E-state index in [1.807, 2.05) is 6.07 Å². The van der Waals surface area contributed by atoms with Crippen LogP contribution in [-0.2, 0) is 19.9 Å². The number of piperazine rings is 1. The maximum Gasteiger partial charge on any atom is 0.243 e. The van der Waals surface area contributed by atoms with Crippen molar-refractivity contribution in [3.05, 3.63) is 54.1 Å². The van der Waals surface area contributed by atoms with Crippen molar-refractivity contribution < 1.29 is 21.6 Å². The van der Waals surface area contributed by atoms with Gasteiger partial charge in [-0.1, -0.05) is 30.7 Å². The van der Waals surface area contributed by atoms with Gasteiger partial charge in [0.15, 0.2) is 15.6 Å². The molecule has 0 N–H and O–H groups in total. The van der Waals surface area contributed by atoms with Crippen LogP contribution in [-0.4, -0.2) is 84.9 Å². The van der Waals surface area contributed by atoms with E-state index >= 15 is 0 Å². The Bertz CT molecular complexity index is 1220. The molecule has 0 spiro atoms. The Hall–Kier alpha value is -2.27. The largest absolute Gasteiger partial charge is 0.369 e. The Morgan fingerprint density at radius 3 is 2.11 bits per heavy atom. The fourth-order valence-corrected chi connectivity index (χ4v) is 6.70. The van der Waals surface area contributed by atoms with Crippen LogP contribution in [0.4, 0.5) is 5.69 Å². The lowest BCUT2D eigenvalue weighted by molar-refractivity contribution is 0.0978. The minimum Gasteiger partial charge on any atom is -0.369 e. The van der Waals surface area contributed by atoms with Crippen molar-refractivity contribution in [1.82, 2.24) is 9.21 Å². The van der Waals surface area contributed by atoms with Crippen LogP contribution in [0.15, 0.2) is 58.3 Å². The number of nitrogens with zero attached hydrogens (tertiary/aromatic N) is 3. The number of benzene rings is 2. The number of carbonyl (C=O) groups is 1. The summed E-state index contributed by atoms with van der Waals surface area (Å²) in [6.07, 6.45) is 3.84. The van der Waals surface area contributed by atoms with Gasteiger partial charge in [0.25, 0.3) is 0 Å². The molecule has 1 aliphatic heterocycles. The predicted octanol–water partition coefficient (Wildman–Crippen LogP) is 2.91. The quantitative estimate of drug-likeness (QED) is 0.331. The molecule has 10 heteroatoms. The normalized spacial score (nSPS) is 15.5. The number of unbranched alkanes of at least 4 members (excludes halogenated alkanes) is 2. The minimum atomic E-state index is -4.02. The van der Waals surface area contributed by atoms with Gasteiger partial charge in [0, 0.05) is 64.2 Å². The molecule has 0 saturated carbocycles. The molecule has 0 radical (unpaired) electrons. The van der Waals surface area contributed by atoms with Crippen molar-refractivity contribution in [2.75, 3.05) is 58.0 Å². The van der Waals surface area contributed by atoms with Crippen LogP contribution in [0.1, 0.15) is 36.0 Å². The third-order valence-electron chi connectivity index (χ3n) is 6.30. The van der Waals surface area contributed by atoms with Gasteiger partial charge in [0.2, 0.25) is 10.0 Å². The van der Waals surface area contributed by atoms with E-state index in [4.69, 9.17) is 0 Å². The number of rotatable bonds is 11. The lowest BCUT2D eigenvalue weighted by Gasteiger charge is -2.36. The topological polar surface area (TPSA) is 95.1 Å². The van der Waals surface area contributed by atoms with Gasteiger partial charge >= 0.3 is 0 Å². The summed E-state index contributed by atoms with van der Waals surface area (Å²) in [5.41, 5.74) is 1.48. The molecule has 1 saturated heterocycles. The van der Waals surface area contributed by atoms with Crippen LogP contribution in [0.2, 0.25) is 0 Å². The highest BCUT2D eigenvalue weighted by Gasteiger charge is 2.27. The van der Waals surface area contributed by atoms with Crippen molar-refractivity contribution in [3.63, 3.8) is 0 Å². The molecule has 0 atom stereocenters. The van der Waals surface area contributed by atoms with Gasteiger partial charge in [-0.15, -0.1) is 0 Å². The molecule has 0 amide bonds. The maximum atomic E-state index is 12.7. The number of hydrogen-bond acceptors (Lipinski definition) is 7. The molecule has 1 fully saturated rings. The highest BCUT2D eigenvalue weighted by molar-refractivity contribution is 7.93. The summed E-state index contributed by atoms with van der Waals surface area (Å²) < 4.78 is 50.5. The van der Waals surface area contributed by atoms with Crippen LogP contribution in [0.3, 0.4) is 0 Å². The molecule has 0 unspecified atom stereocenters. The molecule has 8 nitrogen and oxygen atoms in total. The first-order chi connectivity index (χ1) is 16.5. The van der Waals surface area contributed by atoms with E-state index in [0.717, 1.165) is 56.1 Å². The average Bonchev–Trinajstić information content (AvgIpc) is 2.83. The Balaban J connectivity index is 1.49. The Labute approximate surface area is 209 Å². The first-order valence-corrected chi connectivity index (χ1v) is 15.2. The van der Waals surface area contributed by atoms with Gasteiger partial charge in [-0.05, 0) is 43.7 Å². The maximum absolute atomic E-state index is 12.7. The summed E-state index contributed by atoms with van der Waals surface area (Å²) >= 11 is 0. The molecule has 35 heavy (non-hydrogen) atoms. The lowest BCUT2D eigenvalue weighted by Crippen LogP contribution is -2.46. The van der Waals surface area contributed by atoms with Gasteiger partial charge in [0.1, 0.15) is 4.90 Å². The predicted molar refractivity (Wildman–Crippen MR) is 138 cm³/mol. The van der Waals surface area contributed by atoms with E-state index < -0.39 is 19.9 Å². The molecule has 2 aromatic carbocycles. The first kappa shape index (κ1) is 27.3. The van der Waals surface area contributed by atoms with Crippen molar-refractivity contribution in [3.8, 4) is 0 Å². The highest BCUT2D eigenvalue weighted by Crippen LogP contribution is 2.25. The number of para-hydroxylation sites is 1. The lowest BCUT2D eigenvalue weighted by atomic mass is 10.0. The summed E-state index contributed by atoms with van der Waals surface area (Å²) in [4.78, 5) is 16.9. The van der Waals surface area contributed by atoms with E-state index in [0.29, 0.717) is 12.8 Å². The molecule has 0 bridgehead atoms. The summed E-state index contributed by atoms with van der Waals surface area (Å²) in [7, 11) is -5.13. The fraction of sp³-hybridized carbons (Fsp3) is 0.480. The number of Topliss-reactive ketones (excluding diaryl/α,β-unsaturated/α-hetero) is 1. The van der Waals surface area contributed by atoms with Crippen molar-refractivity contribution in [1.29, 1.82) is 0 Å². The monoisotopic (exact) mass is 521 g/mol. The van der Waals surface area contributed by atoms with Gasteiger partial charge < -0.3 is 4.90 Å². The summed E-state index contributed by atoms with van der Waals surface area (Å²) in [6.45, 7) is 5.03. The van der Waals surface area contributed by atoms with E-state index in [2.05, 4.69) is 34.1 Å². The van der Waals surface area contributed by atoms with Crippen molar-refractivity contribution in [2.45, 2.75) is 35.5 Å². The van der Waals surface area contributed by atoms with Gasteiger partial charge in [0.05, 0.1) is 4.90 Å². The molecular weight excluding hydrogens is 486 g/mol. The first-order valence-electron chi connectivity index (χ1n) is 11.8. The van der Waals surface area contributed by atoms with E-state index in [1.54, 1.807) is 0 Å². The minimum absolute atomic E-state index is 0.184. The summed E-state index contributed by atoms with van der Waals surface area (Å²) in [5, 5.41) is 0. The summed E-state index contributed by atoms with van der Waals surface area (Å²) in [6, 6.07) is 14.2.